The average molecular weight is 482 g/mol. The molecule has 0 aliphatic carbocycles. The molecular weight excluding hydrogens is 446 g/mol. The molecular formula is C26H35N5O4. The van der Waals surface area contributed by atoms with Crippen molar-refractivity contribution in [3.05, 3.63) is 59.7 Å². The van der Waals surface area contributed by atoms with Crippen LogP contribution in [0.3, 0.4) is 0 Å². The second-order valence-electron chi connectivity index (χ2n) is 8.85. The summed E-state index contributed by atoms with van der Waals surface area (Å²) in [4.78, 5) is 41.1. The zero-order valence-electron chi connectivity index (χ0n) is 20.5. The molecule has 0 aromatic heterocycles. The highest BCUT2D eigenvalue weighted by Crippen LogP contribution is 2.18. The second-order valence-corrected chi connectivity index (χ2v) is 8.85. The van der Waals surface area contributed by atoms with E-state index in [2.05, 4.69) is 15.5 Å². The van der Waals surface area contributed by atoms with Gasteiger partial charge in [0, 0.05) is 51.5 Å². The standard InChI is InChI=1S/C26H35N5O4/c1-30(2)21-8-6-19(7-9-21)17-25(33)29-23(10-11-24(27)32)26(34)28-18-20-4-3-5-22(16-20)31-12-14-35-15-13-31/h3-9,16,23H,10-15,17-18H2,1-2H3,(H2,27,32)(H,28,34)(H,29,33)/t23-/m0/s1. The Morgan fingerprint density at radius 1 is 1.06 bits per heavy atom. The molecule has 1 aliphatic heterocycles. The van der Waals surface area contributed by atoms with Crippen LogP contribution >= 0.6 is 0 Å². The number of rotatable bonds is 11. The maximum atomic E-state index is 12.9. The monoisotopic (exact) mass is 481 g/mol. The van der Waals surface area contributed by atoms with Gasteiger partial charge < -0.3 is 30.9 Å². The summed E-state index contributed by atoms with van der Waals surface area (Å²) in [6, 6.07) is 14.8. The number of nitrogens with zero attached hydrogens (tertiary/aromatic N) is 2. The molecule has 3 amide bonds. The number of primary amides is 1. The Bertz CT molecular complexity index is 1000. The summed E-state index contributed by atoms with van der Waals surface area (Å²) in [5, 5.41) is 5.65. The summed E-state index contributed by atoms with van der Waals surface area (Å²) in [6.45, 7) is 3.36. The molecule has 4 N–H and O–H groups in total. The van der Waals surface area contributed by atoms with Crippen LogP contribution in [-0.2, 0) is 32.1 Å². The molecule has 35 heavy (non-hydrogen) atoms. The van der Waals surface area contributed by atoms with E-state index in [0.717, 1.165) is 35.6 Å². The number of morpholine rings is 1. The fourth-order valence-electron chi connectivity index (χ4n) is 3.90. The van der Waals surface area contributed by atoms with Crippen molar-refractivity contribution in [3.63, 3.8) is 0 Å². The van der Waals surface area contributed by atoms with Gasteiger partial charge in [-0.1, -0.05) is 24.3 Å². The number of nitrogens with two attached hydrogens (primary N) is 1. The number of amides is 3. The van der Waals surface area contributed by atoms with Crippen LogP contribution in [0, 0.1) is 0 Å². The molecule has 0 bridgehead atoms. The lowest BCUT2D eigenvalue weighted by Crippen LogP contribution is -2.47. The van der Waals surface area contributed by atoms with E-state index in [1.165, 1.54) is 0 Å². The molecule has 0 radical (unpaired) electrons. The second kappa shape index (κ2) is 12.8. The number of anilines is 2. The first-order valence-corrected chi connectivity index (χ1v) is 11.8. The van der Waals surface area contributed by atoms with Crippen molar-refractivity contribution in [2.45, 2.75) is 31.8 Å². The number of hydrogen-bond acceptors (Lipinski definition) is 6. The van der Waals surface area contributed by atoms with Crippen LogP contribution in [-0.4, -0.2) is 64.2 Å². The number of carbonyl (C=O) groups excluding carboxylic acids is 3. The minimum atomic E-state index is -0.849. The Hall–Kier alpha value is -3.59. The highest BCUT2D eigenvalue weighted by molar-refractivity contribution is 5.89. The Kier molecular flexibility index (Phi) is 9.48. The highest BCUT2D eigenvalue weighted by Gasteiger charge is 2.21. The predicted molar refractivity (Wildman–Crippen MR) is 136 cm³/mol. The van der Waals surface area contributed by atoms with E-state index in [1.807, 2.05) is 67.5 Å². The zero-order chi connectivity index (χ0) is 25.2. The van der Waals surface area contributed by atoms with Gasteiger partial charge in [-0.25, -0.2) is 0 Å². The summed E-state index contributed by atoms with van der Waals surface area (Å²) in [5.74, 6) is -1.16. The van der Waals surface area contributed by atoms with Gasteiger partial charge in [0.1, 0.15) is 6.04 Å². The number of benzene rings is 2. The van der Waals surface area contributed by atoms with Crippen LogP contribution in [0.2, 0.25) is 0 Å². The van der Waals surface area contributed by atoms with Gasteiger partial charge in [-0.15, -0.1) is 0 Å². The molecule has 9 heteroatoms. The van der Waals surface area contributed by atoms with Gasteiger partial charge in [0.05, 0.1) is 19.6 Å². The molecule has 1 atom stereocenters. The SMILES string of the molecule is CN(C)c1ccc(CC(=O)N[C@@H](CCC(N)=O)C(=O)NCc2cccc(N3CCOCC3)c2)cc1. The van der Waals surface area contributed by atoms with Crippen molar-refractivity contribution in [2.24, 2.45) is 5.73 Å². The van der Waals surface area contributed by atoms with Crippen LogP contribution in [0.25, 0.3) is 0 Å². The maximum absolute atomic E-state index is 12.9. The summed E-state index contributed by atoms with van der Waals surface area (Å²) >= 11 is 0. The number of ether oxygens (including phenoxy) is 1. The lowest BCUT2D eigenvalue weighted by atomic mass is 10.1. The van der Waals surface area contributed by atoms with E-state index < -0.39 is 11.9 Å². The molecule has 0 spiro atoms. The molecule has 0 saturated carbocycles. The van der Waals surface area contributed by atoms with Crippen molar-refractivity contribution >= 4 is 29.1 Å². The number of hydrogen-bond donors (Lipinski definition) is 3. The summed E-state index contributed by atoms with van der Waals surface area (Å²) in [7, 11) is 3.89. The first-order chi connectivity index (χ1) is 16.8. The van der Waals surface area contributed by atoms with Gasteiger partial charge in [0.15, 0.2) is 0 Å². The summed E-state index contributed by atoms with van der Waals surface area (Å²) in [5.41, 5.74) is 9.18. The fourth-order valence-corrected chi connectivity index (χ4v) is 3.90. The van der Waals surface area contributed by atoms with E-state index in [1.54, 1.807) is 0 Å². The summed E-state index contributed by atoms with van der Waals surface area (Å²) in [6.07, 6.45) is 0.276. The summed E-state index contributed by atoms with van der Waals surface area (Å²) < 4.78 is 5.41. The predicted octanol–water partition coefficient (Wildman–Crippen LogP) is 1.20. The number of carbonyl (C=O) groups is 3. The Morgan fingerprint density at radius 3 is 2.43 bits per heavy atom. The average Bonchev–Trinajstić information content (AvgIpc) is 2.86. The van der Waals surface area contributed by atoms with Crippen LogP contribution in [0.4, 0.5) is 11.4 Å². The van der Waals surface area contributed by atoms with Crippen molar-refractivity contribution in [2.75, 3.05) is 50.2 Å². The van der Waals surface area contributed by atoms with E-state index in [4.69, 9.17) is 10.5 Å². The van der Waals surface area contributed by atoms with Crippen LogP contribution in [0.5, 0.6) is 0 Å². The molecule has 1 aliphatic rings. The third kappa shape index (κ3) is 8.29. The maximum Gasteiger partial charge on any atom is 0.242 e. The lowest BCUT2D eigenvalue weighted by Gasteiger charge is -2.29. The van der Waals surface area contributed by atoms with Gasteiger partial charge >= 0.3 is 0 Å². The minimum absolute atomic E-state index is 0.00240. The zero-order valence-corrected chi connectivity index (χ0v) is 20.5. The van der Waals surface area contributed by atoms with Crippen LogP contribution in [0.1, 0.15) is 24.0 Å². The van der Waals surface area contributed by atoms with Crippen molar-refractivity contribution in [1.82, 2.24) is 10.6 Å². The van der Waals surface area contributed by atoms with Gasteiger partial charge in [-0.2, -0.15) is 0 Å². The Balaban J connectivity index is 1.58. The van der Waals surface area contributed by atoms with E-state index in [0.29, 0.717) is 19.8 Å². The quantitative estimate of drug-likeness (QED) is 0.444. The van der Waals surface area contributed by atoms with Gasteiger partial charge in [-0.3, -0.25) is 14.4 Å². The van der Waals surface area contributed by atoms with Gasteiger partial charge in [0.25, 0.3) is 0 Å². The first kappa shape index (κ1) is 26.0. The molecule has 1 fully saturated rings. The van der Waals surface area contributed by atoms with Gasteiger partial charge in [-0.05, 0) is 41.8 Å². The van der Waals surface area contributed by atoms with Crippen molar-refractivity contribution < 1.29 is 19.1 Å². The first-order valence-electron chi connectivity index (χ1n) is 11.8. The molecule has 1 heterocycles. The van der Waals surface area contributed by atoms with E-state index in [-0.39, 0.29) is 31.1 Å². The third-order valence-corrected chi connectivity index (χ3v) is 5.90. The molecule has 0 unspecified atom stereocenters. The van der Waals surface area contributed by atoms with Crippen molar-refractivity contribution in [3.8, 4) is 0 Å². The molecule has 1 saturated heterocycles. The molecule has 9 nitrogen and oxygen atoms in total. The smallest absolute Gasteiger partial charge is 0.242 e. The molecule has 2 aromatic rings. The lowest BCUT2D eigenvalue weighted by molar-refractivity contribution is -0.129. The minimum Gasteiger partial charge on any atom is -0.378 e. The molecule has 3 rings (SSSR count). The largest absolute Gasteiger partial charge is 0.378 e. The Labute approximate surface area is 206 Å². The fraction of sp³-hybridized carbons (Fsp3) is 0.423. The topological polar surface area (TPSA) is 117 Å². The highest BCUT2D eigenvalue weighted by atomic mass is 16.5. The van der Waals surface area contributed by atoms with E-state index in [9.17, 15) is 14.4 Å². The third-order valence-electron chi connectivity index (χ3n) is 5.90. The van der Waals surface area contributed by atoms with Gasteiger partial charge in [0.2, 0.25) is 17.7 Å². The van der Waals surface area contributed by atoms with Crippen molar-refractivity contribution in [1.29, 1.82) is 0 Å². The number of nitrogens with one attached hydrogen (secondary N) is 2. The normalized spacial score (nSPS) is 14.2. The molecule has 2 aromatic carbocycles. The Morgan fingerprint density at radius 2 is 1.77 bits per heavy atom. The van der Waals surface area contributed by atoms with E-state index >= 15 is 0 Å². The molecule has 188 valence electrons. The van der Waals surface area contributed by atoms with Crippen LogP contribution in [0.15, 0.2) is 48.5 Å². The van der Waals surface area contributed by atoms with Crippen LogP contribution < -0.4 is 26.2 Å².